The highest BCUT2D eigenvalue weighted by Crippen LogP contribution is 2.14. The third-order valence-electron chi connectivity index (χ3n) is 4.88. The molecule has 0 aromatic heterocycles. The molecular formula is C21H37IN4O4S. The normalized spacial score (nSPS) is 15.5. The summed E-state index contributed by atoms with van der Waals surface area (Å²) in [6.45, 7) is 6.41. The Morgan fingerprint density at radius 3 is 2.55 bits per heavy atom. The van der Waals surface area contributed by atoms with E-state index in [1.165, 1.54) is 0 Å². The summed E-state index contributed by atoms with van der Waals surface area (Å²) in [4.78, 5) is 6.73. The van der Waals surface area contributed by atoms with Gasteiger partial charge in [0.05, 0.1) is 18.4 Å². The number of sulfonamides is 1. The molecule has 1 aliphatic rings. The summed E-state index contributed by atoms with van der Waals surface area (Å²) in [5, 5.41) is 3.27. The van der Waals surface area contributed by atoms with Crippen LogP contribution in [0, 0.1) is 0 Å². The van der Waals surface area contributed by atoms with Gasteiger partial charge in [0.1, 0.15) is 0 Å². The molecule has 1 aliphatic heterocycles. The molecule has 8 nitrogen and oxygen atoms in total. The minimum Gasteiger partial charge on any atom is -0.385 e. The largest absolute Gasteiger partial charge is 0.385 e. The van der Waals surface area contributed by atoms with Gasteiger partial charge in [-0.2, -0.15) is 0 Å². The standard InChI is InChI=1S/C21H36N4O4S.HI/c1-3-22-21(25-13-10-20(11-14-25)29-16-7-15-28-2)23-12-17-30(26,27)24-18-19-8-5-4-6-9-19;/h4-6,8-9,20,24H,3,7,10-18H2,1-2H3,(H,22,23);1H. The summed E-state index contributed by atoms with van der Waals surface area (Å²) in [6.07, 6.45) is 3.06. The number of ether oxygens (including phenoxy) is 2. The lowest BCUT2D eigenvalue weighted by atomic mass is 10.1. The van der Waals surface area contributed by atoms with Gasteiger partial charge in [-0.3, -0.25) is 4.99 Å². The van der Waals surface area contributed by atoms with Crippen LogP contribution in [0.1, 0.15) is 31.7 Å². The van der Waals surface area contributed by atoms with Crippen LogP contribution in [-0.2, 0) is 26.0 Å². The summed E-state index contributed by atoms with van der Waals surface area (Å²) >= 11 is 0. The van der Waals surface area contributed by atoms with Crippen molar-refractivity contribution in [3.8, 4) is 0 Å². The third-order valence-corrected chi connectivity index (χ3v) is 6.19. The Bertz CT molecular complexity index is 726. The van der Waals surface area contributed by atoms with E-state index in [0.717, 1.165) is 63.6 Å². The number of benzene rings is 1. The van der Waals surface area contributed by atoms with E-state index in [2.05, 4.69) is 19.9 Å². The van der Waals surface area contributed by atoms with Crippen LogP contribution in [0.15, 0.2) is 35.3 Å². The van der Waals surface area contributed by atoms with E-state index in [-0.39, 0.29) is 42.4 Å². The number of hydrogen-bond acceptors (Lipinski definition) is 5. The van der Waals surface area contributed by atoms with Crippen molar-refractivity contribution in [1.29, 1.82) is 0 Å². The number of aliphatic imine (C=N–C) groups is 1. The van der Waals surface area contributed by atoms with Crippen LogP contribution in [-0.4, -0.2) is 77.6 Å². The van der Waals surface area contributed by atoms with E-state index in [4.69, 9.17) is 9.47 Å². The molecule has 0 aliphatic carbocycles. The van der Waals surface area contributed by atoms with Crippen molar-refractivity contribution >= 4 is 40.0 Å². The molecule has 0 spiro atoms. The van der Waals surface area contributed by atoms with Crippen LogP contribution in [0.4, 0.5) is 0 Å². The molecular weight excluding hydrogens is 531 g/mol. The zero-order valence-corrected chi connectivity index (χ0v) is 21.7. The third kappa shape index (κ3) is 11.5. The number of nitrogens with zero attached hydrogens (tertiary/aromatic N) is 2. The Morgan fingerprint density at radius 1 is 1.19 bits per heavy atom. The zero-order chi connectivity index (χ0) is 21.7. The first kappa shape index (κ1) is 28.1. The van der Waals surface area contributed by atoms with Crippen molar-refractivity contribution in [3.05, 3.63) is 35.9 Å². The van der Waals surface area contributed by atoms with Gasteiger partial charge in [-0.1, -0.05) is 30.3 Å². The average molecular weight is 569 g/mol. The number of piperidine rings is 1. The first-order chi connectivity index (χ1) is 14.5. The predicted octanol–water partition coefficient (Wildman–Crippen LogP) is 2.21. The Labute approximate surface area is 204 Å². The van der Waals surface area contributed by atoms with Crippen LogP contribution in [0.5, 0.6) is 0 Å². The number of rotatable bonds is 12. The monoisotopic (exact) mass is 568 g/mol. The number of hydrogen-bond donors (Lipinski definition) is 2. The minimum absolute atomic E-state index is 0. The van der Waals surface area contributed by atoms with Crippen molar-refractivity contribution in [3.63, 3.8) is 0 Å². The maximum Gasteiger partial charge on any atom is 0.213 e. The lowest BCUT2D eigenvalue weighted by molar-refractivity contribution is 0.00991. The smallest absolute Gasteiger partial charge is 0.213 e. The van der Waals surface area contributed by atoms with Crippen LogP contribution in [0.25, 0.3) is 0 Å². The maximum absolute atomic E-state index is 12.3. The molecule has 2 N–H and O–H groups in total. The molecule has 0 amide bonds. The van der Waals surface area contributed by atoms with Gasteiger partial charge in [0.15, 0.2) is 5.96 Å². The molecule has 0 atom stereocenters. The summed E-state index contributed by atoms with van der Waals surface area (Å²) in [6, 6.07) is 9.49. The Balaban J connectivity index is 0.00000480. The summed E-state index contributed by atoms with van der Waals surface area (Å²) in [5.41, 5.74) is 0.935. The van der Waals surface area contributed by atoms with Gasteiger partial charge in [0, 0.05) is 46.5 Å². The Kier molecular flexibility index (Phi) is 14.3. The van der Waals surface area contributed by atoms with E-state index in [1.54, 1.807) is 7.11 Å². The fourth-order valence-corrected chi connectivity index (χ4v) is 4.11. The number of nitrogens with one attached hydrogen (secondary N) is 2. The average Bonchev–Trinajstić information content (AvgIpc) is 2.76. The van der Waals surface area contributed by atoms with E-state index in [0.29, 0.717) is 6.54 Å². The molecule has 178 valence electrons. The van der Waals surface area contributed by atoms with Crippen LogP contribution >= 0.6 is 24.0 Å². The quantitative estimate of drug-likeness (QED) is 0.174. The molecule has 31 heavy (non-hydrogen) atoms. The Morgan fingerprint density at radius 2 is 1.90 bits per heavy atom. The highest BCUT2D eigenvalue weighted by atomic mass is 127. The van der Waals surface area contributed by atoms with Gasteiger partial charge in [-0.25, -0.2) is 13.1 Å². The van der Waals surface area contributed by atoms with Crippen molar-refractivity contribution < 1.29 is 17.9 Å². The molecule has 1 aromatic rings. The zero-order valence-electron chi connectivity index (χ0n) is 18.6. The second-order valence-electron chi connectivity index (χ2n) is 7.26. The number of halogens is 1. The van der Waals surface area contributed by atoms with Crippen LogP contribution < -0.4 is 10.0 Å². The topological polar surface area (TPSA) is 92.3 Å². The van der Waals surface area contributed by atoms with Gasteiger partial charge in [0.2, 0.25) is 10.0 Å². The lowest BCUT2D eigenvalue weighted by Gasteiger charge is -2.34. The molecule has 1 heterocycles. The molecule has 1 saturated heterocycles. The first-order valence-electron chi connectivity index (χ1n) is 10.7. The molecule has 0 radical (unpaired) electrons. The second kappa shape index (κ2) is 15.8. The summed E-state index contributed by atoms with van der Waals surface area (Å²) in [7, 11) is -1.68. The van der Waals surface area contributed by atoms with E-state index in [1.807, 2.05) is 37.3 Å². The molecule has 10 heteroatoms. The first-order valence-corrected chi connectivity index (χ1v) is 12.3. The number of guanidine groups is 1. The molecule has 0 bridgehead atoms. The van der Waals surface area contributed by atoms with E-state index < -0.39 is 10.0 Å². The van der Waals surface area contributed by atoms with Gasteiger partial charge in [-0.15, -0.1) is 24.0 Å². The van der Waals surface area contributed by atoms with Gasteiger partial charge in [-0.05, 0) is 31.7 Å². The highest BCUT2D eigenvalue weighted by Gasteiger charge is 2.22. The minimum atomic E-state index is -3.38. The van der Waals surface area contributed by atoms with Gasteiger partial charge >= 0.3 is 0 Å². The van der Waals surface area contributed by atoms with Crippen LogP contribution in [0.3, 0.4) is 0 Å². The fraction of sp³-hybridized carbons (Fsp3) is 0.667. The summed E-state index contributed by atoms with van der Waals surface area (Å²) in [5.74, 6) is 0.738. The Hall–Kier alpha value is -0.950. The number of likely N-dealkylation sites (tertiary alicyclic amines) is 1. The van der Waals surface area contributed by atoms with Crippen LogP contribution in [0.2, 0.25) is 0 Å². The highest BCUT2D eigenvalue weighted by molar-refractivity contribution is 14.0. The lowest BCUT2D eigenvalue weighted by Crippen LogP contribution is -2.47. The molecule has 0 saturated carbocycles. The van der Waals surface area contributed by atoms with E-state index in [9.17, 15) is 8.42 Å². The van der Waals surface area contributed by atoms with Crippen molar-refractivity contribution in [2.45, 2.75) is 38.8 Å². The molecule has 1 aromatic carbocycles. The molecule has 2 rings (SSSR count). The maximum atomic E-state index is 12.3. The van der Waals surface area contributed by atoms with E-state index >= 15 is 0 Å². The van der Waals surface area contributed by atoms with Gasteiger partial charge < -0.3 is 19.7 Å². The van der Waals surface area contributed by atoms with Crippen molar-refractivity contribution in [2.24, 2.45) is 4.99 Å². The fourth-order valence-electron chi connectivity index (χ4n) is 3.25. The van der Waals surface area contributed by atoms with Crippen molar-refractivity contribution in [1.82, 2.24) is 14.9 Å². The predicted molar refractivity (Wildman–Crippen MR) is 136 cm³/mol. The molecule has 0 unspecified atom stereocenters. The second-order valence-corrected chi connectivity index (χ2v) is 9.19. The molecule has 1 fully saturated rings. The SMILES string of the molecule is CCNC(=NCCS(=O)(=O)NCc1ccccc1)N1CCC(OCCCOC)CC1.I. The van der Waals surface area contributed by atoms with Gasteiger partial charge in [0.25, 0.3) is 0 Å². The number of methoxy groups -OCH3 is 1. The van der Waals surface area contributed by atoms with Crippen molar-refractivity contribution in [2.75, 3.05) is 52.3 Å². The summed E-state index contributed by atoms with van der Waals surface area (Å²) < 4.78 is 38.1.